The largest absolute Gasteiger partial charge is 0.371 e. The Hall–Kier alpha value is -2.78. The highest BCUT2D eigenvalue weighted by atomic mass is 32.1. The number of H-pyrrole nitrogens is 1. The van der Waals surface area contributed by atoms with Crippen LogP contribution in [0.25, 0.3) is 21.5 Å². The summed E-state index contributed by atoms with van der Waals surface area (Å²) >= 11 is 1.67. The molecule has 5 heterocycles. The first-order valence-electron chi connectivity index (χ1n) is 10.5. The molecule has 0 aliphatic carbocycles. The number of aromatic nitrogens is 3. The third-order valence-electron chi connectivity index (χ3n) is 6.03. The maximum atomic E-state index is 6.12. The second-order valence-electron chi connectivity index (χ2n) is 7.94. The van der Waals surface area contributed by atoms with Gasteiger partial charge in [-0.05, 0) is 29.1 Å². The van der Waals surface area contributed by atoms with Gasteiger partial charge in [-0.3, -0.25) is 0 Å². The van der Waals surface area contributed by atoms with Gasteiger partial charge in [0.1, 0.15) is 12.2 Å². The molecule has 158 valence electrons. The molecule has 8 heteroatoms. The number of nitrogens with one attached hydrogen (secondary N) is 3. The summed E-state index contributed by atoms with van der Waals surface area (Å²) in [6.45, 7) is 1.98. The molecular formula is C23H23N5O2S. The average Bonchev–Trinajstić information content (AvgIpc) is 3.59. The van der Waals surface area contributed by atoms with Crippen molar-refractivity contribution in [2.75, 3.05) is 18.5 Å². The third kappa shape index (κ3) is 3.61. The van der Waals surface area contributed by atoms with Crippen molar-refractivity contribution in [2.24, 2.45) is 0 Å². The molecule has 3 N–H and O–H groups in total. The van der Waals surface area contributed by atoms with Gasteiger partial charge >= 0.3 is 0 Å². The molecular weight excluding hydrogens is 410 g/mol. The lowest BCUT2D eigenvalue weighted by Crippen LogP contribution is -2.41. The monoisotopic (exact) mass is 433 g/mol. The van der Waals surface area contributed by atoms with Crippen molar-refractivity contribution < 1.29 is 9.47 Å². The topological polar surface area (TPSA) is 84.1 Å². The minimum absolute atomic E-state index is 0.0168. The van der Waals surface area contributed by atoms with Crippen LogP contribution in [0.3, 0.4) is 0 Å². The number of ether oxygens (including phenoxy) is 2. The van der Waals surface area contributed by atoms with Crippen LogP contribution in [0.1, 0.15) is 5.56 Å². The number of nitrogens with zero attached hydrogens (tertiary/aromatic N) is 2. The number of aromatic amines is 1. The van der Waals surface area contributed by atoms with Gasteiger partial charge in [-0.25, -0.2) is 9.97 Å². The Morgan fingerprint density at radius 2 is 1.90 bits per heavy atom. The van der Waals surface area contributed by atoms with Crippen LogP contribution in [0, 0.1) is 0 Å². The Bertz CT molecular complexity index is 1180. The van der Waals surface area contributed by atoms with Crippen LogP contribution in [0.15, 0.2) is 60.2 Å². The van der Waals surface area contributed by atoms with E-state index in [1.807, 2.05) is 18.2 Å². The lowest BCUT2D eigenvalue weighted by atomic mass is 10.1. The van der Waals surface area contributed by atoms with Crippen molar-refractivity contribution in [1.29, 1.82) is 0 Å². The Kier molecular flexibility index (Phi) is 4.92. The molecule has 4 atom stereocenters. The molecule has 0 saturated carbocycles. The molecule has 3 aromatic heterocycles. The van der Waals surface area contributed by atoms with Crippen molar-refractivity contribution >= 4 is 28.2 Å². The zero-order chi connectivity index (χ0) is 20.6. The van der Waals surface area contributed by atoms with E-state index in [1.165, 1.54) is 10.9 Å². The molecule has 0 radical (unpaired) electrons. The van der Waals surface area contributed by atoms with Gasteiger partial charge in [0.05, 0.1) is 35.9 Å². The third-order valence-corrected chi connectivity index (χ3v) is 6.92. The molecule has 2 aliphatic heterocycles. The minimum Gasteiger partial charge on any atom is -0.371 e. The summed E-state index contributed by atoms with van der Waals surface area (Å²) in [4.78, 5) is 13.5. The standard InChI is InChI=1S/C23H23N5O2S/c1-2-5-16-15(4-1)14(10-25-16)11-26-18-12-29-22-19(13-30-21(18)22)28-23-24-8-7-17(27-23)20-6-3-9-31-20/h1-10,18-19,21-22,25-26H,11-13H2,(H,24,27,28)/t18-,19-,21+,22+/m0/s1. The summed E-state index contributed by atoms with van der Waals surface area (Å²) in [7, 11) is 0. The number of hydrogen-bond donors (Lipinski definition) is 3. The molecule has 4 aromatic rings. The van der Waals surface area contributed by atoms with Gasteiger partial charge in [0, 0.05) is 29.8 Å². The molecule has 31 heavy (non-hydrogen) atoms. The molecule has 2 fully saturated rings. The van der Waals surface area contributed by atoms with E-state index in [9.17, 15) is 0 Å². The van der Waals surface area contributed by atoms with Crippen molar-refractivity contribution in [1.82, 2.24) is 20.3 Å². The average molecular weight is 434 g/mol. The van der Waals surface area contributed by atoms with Gasteiger partial charge in [0.2, 0.25) is 5.95 Å². The fourth-order valence-corrected chi connectivity index (χ4v) is 5.17. The van der Waals surface area contributed by atoms with Crippen molar-refractivity contribution in [2.45, 2.75) is 30.8 Å². The highest BCUT2D eigenvalue weighted by Crippen LogP contribution is 2.30. The molecule has 0 bridgehead atoms. The first-order valence-corrected chi connectivity index (χ1v) is 11.4. The van der Waals surface area contributed by atoms with Crippen molar-refractivity contribution in [3.63, 3.8) is 0 Å². The normalized spacial score (nSPS) is 25.2. The lowest BCUT2D eigenvalue weighted by Gasteiger charge is -2.18. The summed E-state index contributed by atoms with van der Waals surface area (Å²) in [5, 5.41) is 10.4. The molecule has 7 nitrogen and oxygen atoms in total. The summed E-state index contributed by atoms with van der Waals surface area (Å²) < 4.78 is 12.2. The predicted molar refractivity (Wildman–Crippen MR) is 121 cm³/mol. The quantitative estimate of drug-likeness (QED) is 0.432. The highest BCUT2D eigenvalue weighted by Gasteiger charge is 2.47. The summed E-state index contributed by atoms with van der Waals surface area (Å²) in [5.41, 5.74) is 3.34. The Labute approximate surface area is 183 Å². The van der Waals surface area contributed by atoms with Gasteiger partial charge in [0.25, 0.3) is 0 Å². The number of rotatable bonds is 6. The van der Waals surface area contributed by atoms with E-state index in [1.54, 1.807) is 17.5 Å². The minimum atomic E-state index is -0.0190. The Balaban J connectivity index is 1.10. The van der Waals surface area contributed by atoms with E-state index >= 15 is 0 Å². The van der Waals surface area contributed by atoms with Crippen LogP contribution in [-0.2, 0) is 16.0 Å². The van der Waals surface area contributed by atoms with Crippen LogP contribution < -0.4 is 10.6 Å². The lowest BCUT2D eigenvalue weighted by molar-refractivity contribution is 0.0675. The molecule has 2 aliphatic rings. The molecule has 1 aromatic carbocycles. The van der Waals surface area contributed by atoms with Gasteiger partial charge in [-0.1, -0.05) is 24.3 Å². The number of hydrogen-bond acceptors (Lipinski definition) is 7. The zero-order valence-electron chi connectivity index (χ0n) is 16.8. The van der Waals surface area contributed by atoms with E-state index in [-0.39, 0.29) is 24.3 Å². The van der Waals surface area contributed by atoms with E-state index < -0.39 is 0 Å². The summed E-state index contributed by atoms with van der Waals surface area (Å²) in [5.74, 6) is 0.610. The van der Waals surface area contributed by atoms with Crippen LogP contribution in [0.5, 0.6) is 0 Å². The maximum absolute atomic E-state index is 6.12. The Morgan fingerprint density at radius 3 is 2.81 bits per heavy atom. The predicted octanol–water partition coefficient (Wildman–Crippen LogP) is 3.42. The fraction of sp³-hybridized carbons (Fsp3) is 0.304. The van der Waals surface area contributed by atoms with Gasteiger partial charge in [0.15, 0.2) is 0 Å². The van der Waals surface area contributed by atoms with E-state index in [0.29, 0.717) is 19.2 Å². The molecule has 0 amide bonds. The molecule has 0 spiro atoms. The van der Waals surface area contributed by atoms with Crippen LogP contribution in [0.2, 0.25) is 0 Å². The number of para-hydroxylation sites is 1. The fourth-order valence-electron chi connectivity index (χ4n) is 4.47. The smallest absolute Gasteiger partial charge is 0.223 e. The van der Waals surface area contributed by atoms with Gasteiger partial charge in [-0.15, -0.1) is 11.3 Å². The SMILES string of the molecule is c1csc(-c2ccnc(N[C@H]3CO[C@H]4[C@@H]3OC[C@@H]4NCc3c[nH]c4ccccc34)n2)c1. The number of benzene rings is 1. The van der Waals surface area contributed by atoms with E-state index in [2.05, 4.69) is 61.4 Å². The summed E-state index contributed by atoms with van der Waals surface area (Å²) in [6.07, 6.45) is 3.86. The highest BCUT2D eigenvalue weighted by molar-refractivity contribution is 7.13. The second kappa shape index (κ2) is 8.05. The molecule has 6 rings (SSSR count). The van der Waals surface area contributed by atoms with Gasteiger partial charge < -0.3 is 25.1 Å². The number of anilines is 1. The number of fused-ring (bicyclic) bond motifs is 2. The number of thiophene rings is 1. The van der Waals surface area contributed by atoms with E-state index in [0.717, 1.165) is 22.6 Å². The van der Waals surface area contributed by atoms with Gasteiger partial charge in [-0.2, -0.15) is 0 Å². The van der Waals surface area contributed by atoms with Crippen molar-refractivity contribution in [3.05, 3.63) is 65.8 Å². The first kappa shape index (κ1) is 18.9. The Morgan fingerprint density at radius 1 is 1.03 bits per heavy atom. The van der Waals surface area contributed by atoms with Crippen LogP contribution in [-0.4, -0.2) is 52.5 Å². The van der Waals surface area contributed by atoms with Crippen LogP contribution in [0.4, 0.5) is 5.95 Å². The van der Waals surface area contributed by atoms with Crippen LogP contribution >= 0.6 is 11.3 Å². The van der Waals surface area contributed by atoms with Crippen molar-refractivity contribution in [3.8, 4) is 10.6 Å². The summed E-state index contributed by atoms with van der Waals surface area (Å²) in [6, 6.07) is 14.6. The first-order chi connectivity index (χ1) is 15.3. The van der Waals surface area contributed by atoms with E-state index in [4.69, 9.17) is 9.47 Å². The zero-order valence-corrected chi connectivity index (χ0v) is 17.6. The second-order valence-corrected chi connectivity index (χ2v) is 8.88. The molecule has 2 saturated heterocycles. The maximum Gasteiger partial charge on any atom is 0.223 e. The molecule has 0 unspecified atom stereocenters.